The topological polar surface area (TPSA) is 69.6 Å². The summed E-state index contributed by atoms with van der Waals surface area (Å²) in [6.45, 7) is 2.15. The summed E-state index contributed by atoms with van der Waals surface area (Å²) in [5.41, 5.74) is 0. The van der Waals surface area contributed by atoms with Crippen LogP contribution in [0.5, 0.6) is 0 Å². The van der Waals surface area contributed by atoms with Gasteiger partial charge in [0.15, 0.2) is 0 Å². The van der Waals surface area contributed by atoms with Gasteiger partial charge in [0.05, 0.1) is 12.5 Å². The van der Waals surface area contributed by atoms with Gasteiger partial charge in [-0.05, 0) is 19.4 Å². The molecule has 5 heteroatoms. The normalized spacial score (nSPS) is 26.4. The van der Waals surface area contributed by atoms with Crippen LogP contribution in [-0.4, -0.2) is 47.6 Å². The molecule has 84 valence electrons. The van der Waals surface area contributed by atoms with Crippen LogP contribution in [0.2, 0.25) is 0 Å². The van der Waals surface area contributed by atoms with Crippen LogP contribution in [0.1, 0.15) is 19.3 Å². The van der Waals surface area contributed by atoms with Crippen molar-refractivity contribution < 1.29 is 14.7 Å². The number of likely N-dealkylation sites (tertiary alicyclic amines) is 1. The molecule has 5 nitrogen and oxygen atoms in total. The molecule has 2 fully saturated rings. The minimum absolute atomic E-state index is 0.0178. The number of rotatable bonds is 3. The molecule has 2 heterocycles. The summed E-state index contributed by atoms with van der Waals surface area (Å²) in [4.78, 5) is 24.0. The first kappa shape index (κ1) is 10.4. The summed E-state index contributed by atoms with van der Waals surface area (Å²) in [7, 11) is 0. The van der Waals surface area contributed by atoms with Crippen molar-refractivity contribution in [1.82, 2.24) is 10.2 Å². The highest BCUT2D eigenvalue weighted by Gasteiger charge is 2.36. The maximum Gasteiger partial charge on any atom is 0.303 e. The van der Waals surface area contributed by atoms with Crippen LogP contribution in [0, 0.1) is 5.92 Å². The molecule has 0 aliphatic carbocycles. The van der Waals surface area contributed by atoms with Gasteiger partial charge < -0.3 is 15.3 Å². The number of carbonyl (C=O) groups excluding carboxylic acids is 1. The average Bonchev–Trinajstić information content (AvgIpc) is 2.61. The summed E-state index contributed by atoms with van der Waals surface area (Å²) in [5.74, 6) is -0.465. The van der Waals surface area contributed by atoms with Crippen molar-refractivity contribution in [1.29, 1.82) is 0 Å². The van der Waals surface area contributed by atoms with Gasteiger partial charge in [0.25, 0.3) is 0 Å². The molecule has 2 rings (SSSR count). The zero-order valence-corrected chi connectivity index (χ0v) is 8.61. The number of aliphatic carboxylic acids is 1. The van der Waals surface area contributed by atoms with E-state index in [1.54, 1.807) is 4.90 Å². The van der Waals surface area contributed by atoms with Crippen molar-refractivity contribution in [2.45, 2.75) is 25.3 Å². The van der Waals surface area contributed by atoms with Crippen molar-refractivity contribution in [2.24, 2.45) is 5.92 Å². The van der Waals surface area contributed by atoms with Crippen LogP contribution < -0.4 is 5.32 Å². The number of carboxylic acid groups (broad SMARTS) is 1. The van der Waals surface area contributed by atoms with Gasteiger partial charge in [0.1, 0.15) is 0 Å². The van der Waals surface area contributed by atoms with Crippen LogP contribution in [-0.2, 0) is 9.59 Å². The predicted octanol–water partition coefficient (Wildman–Crippen LogP) is -0.329. The third kappa shape index (κ3) is 2.28. The Morgan fingerprint density at radius 2 is 2.13 bits per heavy atom. The van der Waals surface area contributed by atoms with E-state index in [0.29, 0.717) is 13.1 Å². The van der Waals surface area contributed by atoms with Gasteiger partial charge in [-0.3, -0.25) is 9.59 Å². The number of carboxylic acids is 1. The zero-order chi connectivity index (χ0) is 10.8. The van der Waals surface area contributed by atoms with Crippen molar-refractivity contribution in [3.8, 4) is 0 Å². The summed E-state index contributed by atoms with van der Waals surface area (Å²) in [6, 6.07) is -0.0178. The van der Waals surface area contributed by atoms with Gasteiger partial charge in [0.2, 0.25) is 5.91 Å². The molecule has 2 saturated heterocycles. The van der Waals surface area contributed by atoms with Gasteiger partial charge in [-0.25, -0.2) is 0 Å². The molecule has 0 radical (unpaired) electrons. The second-order valence-electron chi connectivity index (χ2n) is 4.36. The molecule has 2 aliphatic rings. The molecular weight excluding hydrogens is 196 g/mol. The highest BCUT2D eigenvalue weighted by Crippen LogP contribution is 2.21. The molecule has 2 aliphatic heterocycles. The molecule has 0 aromatic rings. The molecule has 0 spiro atoms. The first-order valence-electron chi connectivity index (χ1n) is 5.41. The van der Waals surface area contributed by atoms with Crippen molar-refractivity contribution in [2.75, 3.05) is 19.6 Å². The smallest absolute Gasteiger partial charge is 0.303 e. The van der Waals surface area contributed by atoms with Crippen LogP contribution >= 0.6 is 0 Å². The first-order valence-corrected chi connectivity index (χ1v) is 5.41. The number of nitrogens with zero attached hydrogens (tertiary/aromatic N) is 1. The van der Waals surface area contributed by atoms with E-state index in [0.717, 1.165) is 19.4 Å². The monoisotopic (exact) mass is 212 g/mol. The van der Waals surface area contributed by atoms with Crippen molar-refractivity contribution in [3.63, 3.8) is 0 Å². The van der Waals surface area contributed by atoms with Gasteiger partial charge in [-0.15, -0.1) is 0 Å². The summed E-state index contributed by atoms with van der Waals surface area (Å²) < 4.78 is 0. The fourth-order valence-corrected chi connectivity index (χ4v) is 2.24. The second-order valence-corrected chi connectivity index (χ2v) is 4.36. The lowest BCUT2D eigenvalue weighted by Gasteiger charge is -2.40. The Balaban J connectivity index is 1.74. The van der Waals surface area contributed by atoms with Gasteiger partial charge in [-0.1, -0.05) is 0 Å². The standard InChI is InChI=1S/C10H16N2O3/c13-9(14)4-7-5-12(6-7)10(15)8-2-1-3-11-8/h7-8,11H,1-6H2,(H,13,14)/t8-/m0/s1. The van der Waals surface area contributed by atoms with Crippen LogP contribution in [0.4, 0.5) is 0 Å². The fourth-order valence-electron chi connectivity index (χ4n) is 2.24. The van der Waals surface area contributed by atoms with E-state index < -0.39 is 5.97 Å². The lowest BCUT2D eigenvalue weighted by Crippen LogP contribution is -2.55. The number of hydrogen-bond donors (Lipinski definition) is 2. The Hall–Kier alpha value is -1.10. The predicted molar refractivity (Wildman–Crippen MR) is 53.3 cm³/mol. The Bertz CT molecular complexity index is 268. The number of carbonyl (C=O) groups is 2. The number of nitrogens with one attached hydrogen (secondary N) is 1. The van der Waals surface area contributed by atoms with Crippen molar-refractivity contribution in [3.05, 3.63) is 0 Å². The third-order valence-electron chi connectivity index (χ3n) is 3.09. The lowest BCUT2D eigenvalue weighted by atomic mass is 9.95. The maximum absolute atomic E-state index is 11.8. The lowest BCUT2D eigenvalue weighted by molar-refractivity contribution is -0.146. The molecule has 1 atom stereocenters. The Morgan fingerprint density at radius 1 is 1.40 bits per heavy atom. The molecule has 0 unspecified atom stereocenters. The van der Waals surface area contributed by atoms with Crippen molar-refractivity contribution >= 4 is 11.9 Å². The van der Waals surface area contributed by atoms with E-state index in [9.17, 15) is 9.59 Å². The van der Waals surface area contributed by atoms with E-state index in [4.69, 9.17) is 5.11 Å². The Labute approximate surface area is 88.4 Å². The summed E-state index contributed by atoms with van der Waals surface area (Å²) >= 11 is 0. The number of amides is 1. The van der Waals surface area contributed by atoms with E-state index in [2.05, 4.69) is 5.32 Å². The van der Waals surface area contributed by atoms with Gasteiger partial charge in [0, 0.05) is 19.0 Å². The minimum atomic E-state index is -0.772. The average molecular weight is 212 g/mol. The summed E-state index contributed by atoms with van der Waals surface area (Å²) in [6.07, 6.45) is 2.16. The molecule has 0 bridgehead atoms. The molecule has 0 aromatic carbocycles. The highest BCUT2D eigenvalue weighted by atomic mass is 16.4. The molecule has 0 saturated carbocycles. The third-order valence-corrected chi connectivity index (χ3v) is 3.09. The second kappa shape index (κ2) is 4.18. The molecule has 15 heavy (non-hydrogen) atoms. The molecule has 0 aromatic heterocycles. The summed E-state index contributed by atoms with van der Waals surface area (Å²) in [5, 5.41) is 11.7. The van der Waals surface area contributed by atoms with Gasteiger partial charge >= 0.3 is 5.97 Å². The first-order chi connectivity index (χ1) is 7.16. The Kier molecular flexibility index (Phi) is 2.90. The largest absolute Gasteiger partial charge is 0.481 e. The van der Waals surface area contributed by atoms with E-state index in [-0.39, 0.29) is 24.3 Å². The van der Waals surface area contributed by atoms with E-state index in [1.807, 2.05) is 0 Å². The van der Waals surface area contributed by atoms with Crippen LogP contribution in [0.3, 0.4) is 0 Å². The van der Waals surface area contributed by atoms with Crippen LogP contribution in [0.25, 0.3) is 0 Å². The zero-order valence-electron chi connectivity index (χ0n) is 8.61. The molecular formula is C10H16N2O3. The molecule has 2 N–H and O–H groups in total. The van der Waals surface area contributed by atoms with E-state index in [1.165, 1.54) is 0 Å². The van der Waals surface area contributed by atoms with Crippen LogP contribution in [0.15, 0.2) is 0 Å². The number of hydrogen-bond acceptors (Lipinski definition) is 3. The quantitative estimate of drug-likeness (QED) is 0.672. The Morgan fingerprint density at radius 3 is 2.67 bits per heavy atom. The molecule has 1 amide bonds. The minimum Gasteiger partial charge on any atom is -0.481 e. The SMILES string of the molecule is O=C(O)CC1CN(C(=O)[C@@H]2CCCN2)C1. The fraction of sp³-hybridized carbons (Fsp3) is 0.800. The maximum atomic E-state index is 11.8. The highest BCUT2D eigenvalue weighted by molar-refractivity contribution is 5.83. The van der Waals surface area contributed by atoms with Gasteiger partial charge in [-0.2, -0.15) is 0 Å². The van der Waals surface area contributed by atoms with E-state index >= 15 is 0 Å².